The van der Waals surface area contributed by atoms with Gasteiger partial charge in [-0.25, -0.2) is 4.98 Å². The van der Waals surface area contributed by atoms with Crippen LogP contribution in [0, 0.1) is 11.3 Å². The summed E-state index contributed by atoms with van der Waals surface area (Å²) in [7, 11) is 1.81. The Balaban J connectivity index is 2.15. The maximum atomic E-state index is 8.55. The van der Waals surface area contributed by atoms with E-state index in [0.717, 1.165) is 0 Å². The van der Waals surface area contributed by atoms with E-state index in [9.17, 15) is 0 Å². The third-order valence-corrected chi connectivity index (χ3v) is 1.77. The molecule has 0 aliphatic rings. The highest BCUT2D eigenvalue weighted by molar-refractivity contribution is 5.29. The van der Waals surface area contributed by atoms with Crippen molar-refractivity contribution in [2.45, 2.75) is 0 Å². The van der Waals surface area contributed by atoms with Gasteiger partial charge >= 0.3 is 0 Å². The van der Waals surface area contributed by atoms with Crippen LogP contribution < -0.4 is 4.74 Å². The Kier molecular flexibility index (Phi) is 2.33. The van der Waals surface area contributed by atoms with Gasteiger partial charge in [0.25, 0.3) is 0 Å². The van der Waals surface area contributed by atoms with E-state index in [1.165, 1.54) is 6.20 Å². The van der Waals surface area contributed by atoms with Crippen LogP contribution >= 0.6 is 0 Å². The van der Waals surface area contributed by atoms with Gasteiger partial charge in [-0.2, -0.15) is 10.4 Å². The first kappa shape index (κ1) is 9.21. The molecule has 0 saturated heterocycles. The summed E-state index contributed by atoms with van der Waals surface area (Å²) >= 11 is 0. The normalized spacial score (nSPS) is 9.60. The summed E-state index contributed by atoms with van der Waals surface area (Å²) < 4.78 is 7.09. The van der Waals surface area contributed by atoms with Gasteiger partial charge in [-0.1, -0.05) is 0 Å². The highest BCUT2D eigenvalue weighted by atomic mass is 16.5. The number of pyridine rings is 1. The minimum absolute atomic E-state index is 0.369. The van der Waals surface area contributed by atoms with Crippen molar-refractivity contribution in [2.75, 3.05) is 0 Å². The molecule has 0 aliphatic heterocycles. The molecule has 5 heteroatoms. The Morgan fingerprint density at radius 1 is 1.33 bits per heavy atom. The van der Waals surface area contributed by atoms with Crippen molar-refractivity contribution in [3.63, 3.8) is 0 Å². The van der Waals surface area contributed by atoms with Gasteiger partial charge in [0.2, 0.25) is 0 Å². The topological polar surface area (TPSA) is 63.7 Å². The molecule has 2 aromatic rings. The van der Waals surface area contributed by atoms with Gasteiger partial charge < -0.3 is 4.74 Å². The van der Waals surface area contributed by atoms with Crippen LogP contribution in [0.5, 0.6) is 11.5 Å². The van der Waals surface area contributed by atoms with Crippen LogP contribution in [0.1, 0.15) is 5.69 Å². The summed E-state index contributed by atoms with van der Waals surface area (Å²) in [6.07, 6.45) is 4.86. The van der Waals surface area contributed by atoms with E-state index in [1.54, 1.807) is 29.2 Å². The van der Waals surface area contributed by atoms with E-state index >= 15 is 0 Å². The lowest BCUT2D eigenvalue weighted by atomic mass is 10.4. The number of nitriles is 1. The van der Waals surface area contributed by atoms with Crippen molar-refractivity contribution >= 4 is 0 Å². The maximum Gasteiger partial charge on any atom is 0.165 e. The Labute approximate surface area is 86.6 Å². The van der Waals surface area contributed by atoms with E-state index < -0.39 is 0 Å². The number of nitrogens with zero attached hydrogens (tertiary/aromatic N) is 4. The number of ether oxygens (including phenoxy) is 1. The van der Waals surface area contributed by atoms with Crippen LogP contribution in [-0.2, 0) is 7.05 Å². The minimum atomic E-state index is 0.369. The third kappa shape index (κ3) is 2.11. The molecule has 15 heavy (non-hydrogen) atoms. The number of aryl methyl sites for hydroxylation is 1. The lowest BCUT2D eigenvalue weighted by Gasteiger charge is -2.00. The lowest BCUT2D eigenvalue weighted by Crippen LogP contribution is -1.86. The van der Waals surface area contributed by atoms with Gasteiger partial charge in [0.15, 0.2) is 5.75 Å². The first-order valence-electron chi connectivity index (χ1n) is 4.30. The Hall–Kier alpha value is -2.35. The van der Waals surface area contributed by atoms with Gasteiger partial charge in [-0.3, -0.25) is 4.68 Å². The molecular formula is C10H8N4O. The van der Waals surface area contributed by atoms with Crippen LogP contribution in [0.3, 0.4) is 0 Å². The van der Waals surface area contributed by atoms with E-state index in [4.69, 9.17) is 10.00 Å². The molecule has 0 radical (unpaired) electrons. The van der Waals surface area contributed by atoms with E-state index in [1.807, 2.05) is 13.1 Å². The minimum Gasteiger partial charge on any atom is -0.452 e. The van der Waals surface area contributed by atoms with Crippen LogP contribution in [0.2, 0.25) is 0 Å². The van der Waals surface area contributed by atoms with Crippen molar-refractivity contribution in [2.24, 2.45) is 7.05 Å². The highest BCUT2D eigenvalue weighted by Crippen LogP contribution is 2.18. The standard InChI is InChI=1S/C10H8N4O/c1-14-7-10(6-13-14)15-9-3-2-8(4-11)12-5-9/h2-3,5-7H,1H3. The highest BCUT2D eigenvalue weighted by Gasteiger charge is 2.00. The van der Waals surface area contributed by atoms with Crippen molar-refractivity contribution < 1.29 is 4.74 Å². The monoisotopic (exact) mass is 200 g/mol. The van der Waals surface area contributed by atoms with E-state index in [0.29, 0.717) is 17.2 Å². The molecule has 0 amide bonds. The van der Waals surface area contributed by atoms with E-state index in [-0.39, 0.29) is 0 Å². The number of hydrogen-bond acceptors (Lipinski definition) is 4. The fourth-order valence-corrected chi connectivity index (χ4v) is 1.09. The summed E-state index contributed by atoms with van der Waals surface area (Å²) in [5.41, 5.74) is 0.369. The molecule has 2 rings (SSSR count). The smallest absolute Gasteiger partial charge is 0.165 e. The fraction of sp³-hybridized carbons (Fsp3) is 0.100. The molecule has 0 N–H and O–H groups in total. The molecule has 0 bridgehead atoms. The zero-order chi connectivity index (χ0) is 10.7. The third-order valence-electron chi connectivity index (χ3n) is 1.77. The van der Waals surface area contributed by atoms with Crippen LogP contribution in [0.25, 0.3) is 0 Å². The molecule has 0 atom stereocenters. The first-order chi connectivity index (χ1) is 7.28. The lowest BCUT2D eigenvalue weighted by molar-refractivity contribution is 0.479. The summed E-state index contributed by atoms with van der Waals surface area (Å²) in [6.45, 7) is 0. The molecule has 74 valence electrons. The zero-order valence-electron chi connectivity index (χ0n) is 8.08. The zero-order valence-corrected chi connectivity index (χ0v) is 8.08. The summed E-state index contributed by atoms with van der Waals surface area (Å²) in [5.74, 6) is 1.23. The van der Waals surface area contributed by atoms with Crippen molar-refractivity contribution in [3.8, 4) is 17.6 Å². The van der Waals surface area contributed by atoms with Gasteiger partial charge in [-0.05, 0) is 12.1 Å². The first-order valence-corrected chi connectivity index (χ1v) is 4.30. The quantitative estimate of drug-likeness (QED) is 0.736. The Morgan fingerprint density at radius 2 is 2.20 bits per heavy atom. The molecule has 5 nitrogen and oxygen atoms in total. The largest absolute Gasteiger partial charge is 0.452 e. The predicted octanol–water partition coefficient (Wildman–Crippen LogP) is 1.48. The fourth-order valence-electron chi connectivity index (χ4n) is 1.09. The second-order valence-corrected chi connectivity index (χ2v) is 2.94. The average Bonchev–Trinajstić information content (AvgIpc) is 2.65. The molecule has 0 spiro atoms. The Bertz CT molecular complexity index is 495. The molecule has 0 aliphatic carbocycles. The van der Waals surface area contributed by atoms with Crippen LogP contribution in [-0.4, -0.2) is 14.8 Å². The van der Waals surface area contributed by atoms with Crippen molar-refractivity contribution in [1.29, 1.82) is 5.26 Å². The van der Waals surface area contributed by atoms with E-state index in [2.05, 4.69) is 10.1 Å². The van der Waals surface area contributed by atoms with Crippen molar-refractivity contribution in [1.82, 2.24) is 14.8 Å². The second-order valence-electron chi connectivity index (χ2n) is 2.94. The van der Waals surface area contributed by atoms with Gasteiger partial charge in [0.05, 0.1) is 18.6 Å². The number of hydrogen-bond donors (Lipinski definition) is 0. The molecule has 0 unspecified atom stereocenters. The molecule has 0 saturated carbocycles. The molecule has 0 fully saturated rings. The second kappa shape index (κ2) is 3.80. The number of rotatable bonds is 2. The summed E-state index contributed by atoms with van der Waals surface area (Å²) in [4.78, 5) is 3.89. The molecule has 2 aromatic heterocycles. The van der Waals surface area contributed by atoms with Gasteiger partial charge in [0, 0.05) is 7.05 Å². The van der Waals surface area contributed by atoms with Crippen LogP contribution in [0.15, 0.2) is 30.7 Å². The maximum absolute atomic E-state index is 8.55. The molecule has 2 heterocycles. The van der Waals surface area contributed by atoms with Crippen LogP contribution in [0.4, 0.5) is 0 Å². The average molecular weight is 200 g/mol. The summed E-state index contributed by atoms with van der Waals surface area (Å²) in [5, 5.41) is 12.5. The molecule has 0 aromatic carbocycles. The van der Waals surface area contributed by atoms with Crippen molar-refractivity contribution in [3.05, 3.63) is 36.4 Å². The van der Waals surface area contributed by atoms with Gasteiger partial charge in [-0.15, -0.1) is 0 Å². The summed E-state index contributed by atoms with van der Waals surface area (Å²) in [6, 6.07) is 5.23. The Morgan fingerprint density at radius 3 is 2.73 bits per heavy atom. The molecular weight excluding hydrogens is 192 g/mol. The predicted molar refractivity (Wildman–Crippen MR) is 52.2 cm³/mol. The van der Waals surface area contributed by atoms with Gasteiger partial charge in [0.1, 0.15) is 17.5 Å². The SMILES string of the molecule is Cn1cc(Oc2ccc(C#N)nc2)cn1. The number of aromatic nitrogens is 3.